The fraction of sp³-hybridized carbons (Fsp3) is 0.375. The molecule has 5 nitrogen and oxygen atoms in total. The minimum absolute atomic E-state index is 0.0961. The van der Waals surface area contributed by atoms with Gasteiger partial charge in [-0.3, -0.25) is 9.48 Å². The maximum absolute atomic E-state index is 12.9. The Balaban J connectivity index is 2.20. The molecule has 1 aromatic heterocycles. The molecule has 0 spiro atoms. The number of hydrogen-bond donors (Lipinski definition) is 1. The Kier molecular flexibility index (Phi) is 5.03. The van der Waals surface area contributed by atoms with Gasteiger partial charge in [0.15, 0.2) is 0 Å². The van der Waals surface area contributed by atoms with E-state index in [2.05, 4.69) is 21.0 Å². The molecule has 0 radical (unpaired) electrons. The van der Waals surface area contributed by atoms with Crippen LogP contribution >= 0.6 is 15.9 Å². The SMILES string of the molecule is CCN(Cc1cnn(C)c1)C(=O)C(C)(N)c1ccc(Br)cc1. The molecule has 0 saturated heterocycles. The molecular weight excluding hydrogens is 344 g/mol. The molecule has 0 fully saturated rings. The van der Waals surface area contributed by atoms with Gasteiger partial charge in [-0.25, -0.2) is 0 Å². The zero-order valence-corrected chi connectivity index (χ0v) is 14.7. The highest BCUT2D eigenvalue weighted by Gasteiger charge is 2.34. The van der Waals surface area contributed by atoms with Crippen LogP contribution in [-0.2, 0) is 23.9 Å². The molecule has 1 aromatic carbocycles. The summed E-state index contributed by atoms with van der Waals surface area (Å²) in [5, 5.41) is 4.14. The van der Waals surface area contributed by atoms with Crippen LogP contribution in [0.3, 0.4) is 0 Å². The third kappa shape index (κ3) is 3.56. The second kappa shape index (κ2) is 6.62. The van der Waals surface area contributed by atoms with Crippen LogP contribution in [0.4, 0.5) is 0 Å². The molecule has 2 rings (SSSR count). The lowest BCUT2D eigenvalue weighted by atomic mass is 9.91. The van der Waals surface area contributed by atoms with Gasteiger partial charge in [-0.2, -0.15) is 5.10 Å². The summed E-state index contributed by atoms with van der Waals surface area (Å²) in [7, 11) is 1.86. The van der Waals surface area contributed by atoms with Crippen LogP contribution in [0.25, 0.3) is 0 Å². The van der Waals surface area contributed by atoms with E-state index in [1.807, 2.05) is 44.4 Å². The van der Waals surface area contributed by atoms with E-state index in [0.717, 1.165) is 15.6 Å². The average molecular weight is 365 g/mol. The topological polar surface area (TPSA) is 64.2 Å². The highest BCUT2D eigenvalue weighted by molar-refractivity contribution is 9.10. The summed E-state index contributed by atoms with van der Waals surface area (Å²) in [5.41, 5.74) is 7.07. The summed E-state index contributed by atoms with van der Waals surface area (Å²) < 4.78 is 2.69. The summed E-state index contributed by atoms with van der Waals surface area (Å²) >= 11 is 3.39. The normalized spacial score (nSPS) is 13.7. The van der Waals surface area contributed by atoms with Crippen molar-refractivity contribution in [1.29, 1.82) is 0 Å². The van der Waals surface area contributed by atoms with E-state index in [9.17, 15) is 4.79 Å². The number of carbonyl (C=O) groups excluding carboxylic acids is 1. The van der Waals surface area contributed by atoms with E-state index in [4.69, 9.17) is 5.73 Å². The Labute approximate surface area is 139 Å². The number of nitrogens with two attached hydrogens (primary N) is 1. The number of nitrogens with zero attached hydrogens (tertiary/aromatic N) is 3. The first-order chi connectivity index (χ1) is 10.3. The molecule has 1 amide bonds. The molecule has 0 aliphatic carbocycles. The Bertz CT molecular complexity index is 648. The Morgan fingerprint density at radius 3 is 2.55 bits per heavy atom. The molecule has 1 heterocycles. The van der Waals surface area contributed by atoms with E-state index in [0.29, 0.717) is 13.1 Å². The highest BCUT2D eigenvalue weighted by Crippen LogP contribution is 2.23. The lowest BCUT2D eigenvalue weighted by Crippen LogP contribution is -2.50. The van der Waals surface area contributed by atoms with Crippen molar-refractivity contribution in [2.75, 3.05) is 6.54 Å². The highest BCUT2D eigenvalue weighted by atomic mass is 79.9. The second-order valence-corrected chi connectivity index (χ2v) is 6.47. The van der Waals surface area contributed by atoms with Gasteiger partial charge in [0, 0.05) is 36.4 Å². The van der Waals surface area contributed by atoms with Gasteiger partial charge in [-0.05, 0) is 31.5 Å². The van der Waals surface area contributed by atoms with Crippen LogP contribution in [0.1, 0.15) is 25.0 Å². The number of benzene rings is 1. The Hall–Kier alpha value is -1.66. The van der Waals surface area contributed by atoms with Crippen molar-refractivity contribution in [3.8, 4) is 0 Å². The van der Waals surface area contributed by atoms with Crippen LogP contribution in [0.15, 0.2) is 41.1 Å². The molecule has 6 heteroatoms. The number of aromatic nitrogens is 2. The summed E-state index contributed by atoms with van der Waals surface area (Å²) in [6, 6.07) is 7.54. The number of halogens is 1. The molecule has 1 unspecified atom stereocenters. The third-order valence-corrected chi connectivity index (χ3v) is 4.22. The largest absolute Gasteiger partial charge is 0.337 e. The van der Waals surface area contributed by atoms with E-state index >= 15 is 0 Å². The van der Waals surface area contributed by atoms with Gasteiger partial charge in [-0.1, -0.05) is 28.1 Å². The molecular formula is C16H21BrN4O. The lowest BCUT2D eigenvalue weighted by Gasteiger charge is -2.31. The molecule has 0 bridgehead atoms. The van der Waals surface area contributed by atoms with Crippen molar-refractivity contribution in [2.24, 2.45) is 12.8 Å². The number of carbonyl (C=O) groups is 1. The molecule has 118 valence electrons. The van der Waals surface area contributed by atoms with E-state index < -0.39 is 5.54 Å². The first-order valence-electron chi connectivity index (χ1n) is 7.16. The van der Waals surface area contributed by atoms with Crippen molar-refractivity contribution in [3.05, 3.63) is 52.3 Å². The number of aryl methyl sites for hydroxylation is 1. The Morgan fingerprint density at radius 2 is 2.05 bits per heavy atom. The summed E-state index contributed by atoms with van der Waals surface area (Å²) in [5.74, 6) is -0.0961. The zero-order valence-electron chi connectivity index (χ0n) is 13.1. The zero-order chi connectivity index (χ0) is 16.3. The molecule has 1 atom stereocenters. The van der Waals surface area contributed by atoms with Crippen molar-refractivity contribution in [2.45, 2.75) is 25.9 Å². The minimum Gasteiger partial charge on any atom is -0.337 e. The maximum atomic E-state index is 12.9. The minimum atomic E-state index is -1.06. The standard InChI is InChI=1S/C16H21BrN4O/c1-4-21(11-12-9-19-20(3)10-12)15(22)16(2,18)13-5-7-14(17)8-6-13/h5-10H,4,11,18H2,1-3H3. The van der Waals surface area contributed by atoms with Crippen molar-refractivity contribution in [1.82, 2.24) is 14.7 Å². The fourth-order valence-corrected chi connectivity index (χ4v) is 2.61. The summed E-state index contributed by atoms with van der Waals surface area (Å²) in [4.78, 5) is 14.6. The molecule has 0 aliphatic rings. The van der Waals surface area contributed by atoms with Crippen LogP contribution in [0, 0.1) is 0 Å². The first kappa shape index (κ1) is 16.7. The van der Waals surface area contributed by atoms with E-state index in [-0.39, 0.29) is 5.91 Å². The summed E-state index contributed by atoms with van der Waals surface area (Å²) in [6.45, 7) is 4.81. The van der Waals surface area contributed by atoms with Crippen molar-refractivity contribution in [3.63, 3.8) is 0 Å². The van der Waals surface area contributed by atoms with Crippen molar-refractivity contribution >= 4 is 21.8 Å². The maximum Gasteiger partial charge on any atom is 0.247 e. The first-order valence-corrected chi connectivity index (χ1v) is 7.95. The van der Waals surface area contributed by atoms with Gasteiger partial charge < -0.3 is 10.6 Å². The van der Waals surface area contributed by atoms with E-state index in [1.165, 1.54) is 0 Å². The van der Waals surface area contributed by atoms with Gasteiger partial charge in [0.1, 0.15) is 5.54 Å². The predicted molar refractivity (Wildman–Crippen MR) is 90.0 cm³/mol. The Morgan fingerprint density at radius 1 is 1.41 bits per heavy atom. The average Bonchev–Trinajstić information content (AvgIpc) is 2.89. The molecule has 2 aromatic rings. The number of likely N-dealkylation sites (N-methyl/N-ethyl adjacent to an activating group) is 1. The van der Waals surface area contributed by atoms with Crippen LogP contribution in [0.2, 0.25) is 0 Å². The lowest BCUT2D eigenvalue weighted by molar-refractivity contribution is -0.137. The van der Waals surface area contributed by atoms with E-state index in [1.54, 1.807) is 22.7 Å². The van der Waals surface area contributed by atoms with Gasteiger partial charge in [0.25, 0.3) is 0 Å². The monoisotopic (exact) mass is 364 g/mol. The molecule has 2 N–H and O–H groups in total. The quantitative estimate of drug-likeness (QED) is 0.885. The van der Waals surface area contributed by atoms with Gasteiger partial charge >= 0.3 is 0 Å². The van der Waals surface area contributed by atoms with Gasteiger partial charge in [0.2, 0.25) is 5.91 Å². The van der Waals surface area contributed by atoms with Crippen molar-refractivity contribution < 1.29 is 4.79 Å². The van der Waals surface area contributed by atoms with Gasteiger partial charge in [-0.15, -0.1) is 0 Å². The van der Waals surface area contributed by atoms with Crippen LogP contribution < -0.4 is 5.73 Å². The molecule has 22 heavy (non-hydrogen) atoms. The number of rotatable bonds is 5. The van der Waals surface area contributed by atoms with Crippen LogP contribution in [-0.4, -0.2) is 27.1 Å². The fourth-order valence-electron chi connectivity index (χ4n) is 2.35. The number of hydrogen-bond acceptors (Lipinski definition) is 3. The smallest absolute Gasteiger partial charge is 0.247 e. The predicted octanol–water partition coefficient (Wildman–Crippen LogP) is 2.41. The second-order valence-electron chi connectivity index (χ2n) is 5.55. The van der Waals surface area contributed by atoms with Gasteiger partial charge in [0.05, 0.1) is 6.20 Å². The number of amides is 1. The molecule has 0 saturated carbocycles. The van der Waals surface area contributed by atoms with Crippen LogP contribution in [0.5, 0.6) is 0 Å². The third-order valence-electron chi connectivity index (χ3n) is 3.69. The molecule has 0 aliphatic heterocycles. The summed E-state index contributed by atoms with van der Waals surface area (Å²) in [6.07, 6.45) is 3.67.